The molecule has 0 atom stereocenters. The van der Waals surface area contributed by atoms with Crippen molar-refractivity contribution in [2.75, 3.05) is 0 Å². The molecule has 0 saturated carbocycles. The molecule has 2 aromatic rings. The zero-order chi connectivity index (χ0) is 18.7. The molecule has 9 heteroatoms. The first-order valence-electron chi connectivity index (χ1n) is 7.05. The summed E-state index contributed by atoms with van der Waals surface area (Å²) in [4.78, 5) is 11.3. The number of amides is 1. The van der Waals surface area contributed by atoms with E-state index in [0.717, 1.165) is 12.1 Å². The van der Waals surface area contributed by atoms with Crippen LogP contribution in [0.2, 0.25) is 0 Å². The van der Waals surface area contributed by atoms with Crippen molar-refractivity contribution < 1.29 is 30.8 Å². The first-order valence-corrected chi connectivity index (χ1v) is 8.53. The lowest BCUT2D eigenvalue weighted by Crippen LogP contribution is -2.30. The van der Waals surface area contributed by atoms with E-state index in [9.17, 15) is 30.8 Å². The van der Waals surface area contributed by atoms with Crippen molar-refractivity contribution in [3.05, 3.63) is 65.5 Å². The van der Waals surface area contributed by atoms with Gasteiger partial charge in [0.05, 0.1) is 10.5 Å². The molecule has 0 radical (unpaired) electrons. The fourth-order valence-electron chi connectivity index (χ4n) is 2.03. The van der Waals surface area contributed by atoms with Crippen molar-refractivity contribution in [1.82, 2.24) is 4.72 Å². The Hall–Kier alpha value is -2.42. The number of halogens is 4. The van der Waals surface area contributed by atoms with Crippen LogP contribution in [0.15, 0.2) is 53.4 Å². The summed E-state index contributed by atoms with van der Waals surface area (Å²) in [6.45, 7) is 0. The van der Waals surface area contributed by atoms with Gasteiger partial charge in [-0.1, -0.05) is 12.1 Å². The highest BCUT2D eigenvalue weighted by atomic mass is 32.2. The summed E-state index contributed by atoms with van der Waals surface area (Å²) in [5.41, 5.74) is -0.481. The molecule has 1 amide bonds. The topological polar surface area (TPSA) is 63.2 Å². The molecule has 1 N–H and O–H groups in total. The van der Waals surface area contributed by atoms with Gasteiger partial charge in [-0.2, -0.15) is 13.2 Å². The fraction of sp³-hybridized carbons (Fsp3) is 0.188. The molecule has 0 spiro atoms. The van der Waals surface area contributed by atoms with Crippen molar-refractivity contribution in [3.8, 4) is 0 Å². The molecule has 0 aromatic heterocycles. The van der Waals surface area contributed by atoms with Crippen molar-refractivity contribution in [3.63, 3.8) is 0 Å². The summed E-state index contributed by atoms with van der Waals surface area (Å²) in [5, 5.41) is 0. The maximum atomic E-state index is 13.0. The maximum absolute atomic E-state index is 13.0. The number of carbonyl (C=O) groups excluding carboxylic acids is 1. The molecule has 2 rings (SSSR count). The van der Waals surface area contributed by atoms with Crippen LogP contribution in [0.25, 0.3) is 0 Å². The van der Waals surface area contributed by atoms with Gasteiger partial charge in [-0.3, -0.25) is 4.79 Å². The number of sulfonamides is 1. The van der Waals surface area contributed by atoms with Gasteiger partial charge in [-0.25, -0.2) is 17.5 Å². The number of alkyl halides is 3. The van der Waals surface area contributed by atoms with E-state index >= 15 is 0 Å². The zero-order valence-electron chi connectivity index (χ0n) is 12.7. The number of benzene rings is 2. The minimum atomic E-state index is -4.59. The third-order valence-corrected chi connectivity index (χ3v) is 4.66. The average molecular weight is 375 g/mol. The van der Waals surface area contributed by atoms with Crippen LogP contribution in [0, 0.1) is 5.82 Å². The number of aryl methyl sites for hydroxylation is 1. The Morgan fingerprint density at radius 3 is 2.24 bits per heavy atom. The van der Waals surface area contributed by atoms with E-state index in [2.05, 4.69) is 0 Å². The number of rotatable bonds is 5. The Balaban J connectivity index is 2.01. The largest absolute Gasteiger partial charge is 0.416 e. The first-order chi connectivity index (χ1) is 11.6. The van der Waals surface area contributed by atoms with Gasteiger partial charge in [0.2, 0.25) is 5.91 Å². The van der Waals surface area contributed by atoms with Crippen LogP contribution in [0.5, 0.6) is 0 Å². The minimum Gasteiger partial charge on any atom is -0.274 e. The van der Waals surface area contributed by atoms with Crippen molar-refractivity contribution in [1.29, 1.82) is 0 Å². The van der Waals surface area contributed by atoms with Crippen LogP contribution in [0.1, 0.15) is 17.5 Å². The Labute approximate surface area is 141 Å². The Kier molecular flexibility index (Phi) is 5.46. The van der Waals surface area contributed by atoms with E-state index in [0.29, 0.717) is 17.7 Å². The zero-order valence-corrected chi connectivity index (χ0v) is 13.5. The number of hydrogen-bond acceptors (Lipinski definition) is 3. The van der Waals surface area contributed by atoms with Gasteiger partial charge in [0, 0.05) is 6.42 Å². The van der Waals surface area contributed by atoms with Crippen LogP contribution in [0.3, 0.4) is 0 Å². The minimum absolute atomic E-state index is 0.117. The molecule has 0 saturated heterocycles. The molecule has 0 heterocycles. The molecular formula is C16H13F4NO3S. The normalized spacial score (nSPS) is 12.0. The van der Waals surface area contributed by atoms with Gasteiger partial charge in [0.15, 0.2) is 0 Å². The van der Waals surface area contributed by atoms with E-state index in [1.54, 1.807) is 10.8 Å². The van der Waals surface area contributed by atoms with Gasteiger partial charge < -0.3 is 0 Å². The smallest absolute Gasteiger partial charge is 0.274 e. The van der Waals surface area contributed by atoms with Gasteiger partial charge in [0.25, 0.3) is 10.0 Å². The molecule has 0 bridgehead atoms. The second kappa shape index (κ2) is 7.22. The van der Waals surface area contributed by atoms with E-state index in [1.165, 1.54) is 18.2 Å². The van der Waals surface area contributed by atoms with Gasteiger partial charge in [-0.15, -0.1) is 0 Å². The highest BCUT2D eigenvalue weighted by Gasteiger charge is 2.30. The number of carbonyl (C=O) groups is 1. The summed E-state index contributed by atoms with van der Waals surface area (Å²) in [6.07, 6.45) is -4.69. The molecule has 0 aliphatic heterocycles. The Morgan fingerprint density at radius 2 is 1.68 bits per heavy atom. The Morgan fingerprint density at radius 1 is 1.04 bits per heavy atom. The predicted octanol–water partition coefficient (Wildman–Crippen LogP) is 3.28. The third-order valence-electron chi connectivity index (χ3n) is 3.27. The summed E-state index contributed by atoms with van der Waals surface area (Å²) in [7, 11) is -4.28. The first kappa shape index (κ1) is 18.9. The van der Waals surface area contributed by atoms with E-state index in [-0.39, 0.29) is 12.8 Å². The lowest BCUT2D eigenvalue weighted by Gasteiger charge is -2.09. The molecule has 0 aliphatic rings. The van der Waals surface area contributed by atoms with Crippen molar-refractivity contribution in [2.45, 2.75) is 23.9 Å². The molecular weight excluding hydrogens is 362 g/mol. The van der Waals surface area contributed by atoms with Crippen LogP contribution in [-0.4, -0.2) is 14.3 Å². The van der Waals surface area contributed by atoms with Crippen molar-refractivity contribution in [2.24, 2.45) is 0 Å². The lowest BCUT2D eigenvalue weighted by molar-refractivity contribution is -0.137. The summed E-state index contributed by atoms with van der Waals surface area (Å²) in [6, 6.07) is 8.27. The SMILES string of the molecule is O=C(CCc1cccc(F)c1)NS(=O)(=O)c1ccc(C(F)(F)F)cc1. The predicted molar refractivity (Wildman–Crippen MR) is 81.5 cm³/mol. The van der Waals surface area contributed by atoms with E-state index in [4.69, 9.17) is 0 Å². The quantitative estimate of drug-likeness (QED) is 0.816. The molecule has 0 unspecified atom stereocenters. The van der Waals surface area contributed by atoms with Gasteiger partial charge >= 0.3 is 6.18 Å². The third kappa shape index (κ3) is 5.28. The van der Waals surface area contributed by atoms with Crippen LogP contribution < -0.4 is 4.72 Å². The molecule has 0 fully saturated rings. The monoisotopic (exact) mass is 375 g/mol. The van der Waals surface area contributed by atoms with Gasteiger partial charge in [-0.05, 0) is 48.4 Å². The number of nitrogens with one attached hydrogen (secondary N) is 1. The number of hydrogen-bond donors (Lipinski definition) is 1. The van der Waals surface area contributed by atoms with Crippen LogP contribution in [0.4, 0.5) is 17.6 Å². The average Bonchev–Trinajstić information content (AvgIpc) is 2.52. The van der Waals surface area contributed by atoms with E-state index in [1.807, 2.05) is 0 Å². The van der Waals surface area contributed by atoms with Gasteiger partial charge in [0.1, 0.15) is 5.82 Å². The fourth-order valence-corrected chi connectivity index (χ4v) is 3.05. The Bertz CT molecular complexity index is 862. The summed E-state index contributed by atoms with van der Waals surface area (Å²) < 4.78 is 76.2. The van der Waals surface area contributed by atoms with Crippen LogP contribution >= 0.6 is 0 Å². The van der Waals surface area contributed by atoms with Crippen molar-refractivity contribution >= 4 is 15.9 Å². The highest BCUT2D eigenvalue weighted by molar-refractivity contribution is 7.90. The summed E-state index contributed by atoms with van der Waals surface area (Å²) >= 11 is 0. The molecule has 0 aliphatic carbocycles. The summed E-state index contributed by atoms with van der Waals surface area (Å²) in [5.74, 6) is -1.32. The van der Waals surface area contributed by atoms with E-state index < -0.39 is 38.4 Å². The molecule has 2 aromatic carbocycles. The standard InChI is InChI=1S/C16H13F4NO3S/c17-13-3-1-2-11(10-13)4-9-15(22)21-25(23,24)14-7-5-12(6-8-14)16(18,19)20/h1-3,5-8,10H,4,9H2,(H,21,22). The second-order valence-corrected chi connectivity index (χ2v) is 6.86. The van der Waals surface area contributed by atoms with Crippen LogP contribution in [-0.2, 0) is 27.4 Å². The highest BCUT2D eigenvalue weighted by Crippen LogP contribution is 2.29. The molecule has 134 valence electrons. The lowest BCUT2D eigenvalue weighted by atomic mass is 10.1. The second-order valence-electron chi connectivity index (χ2n) is 5.18. The molecule has 4 nitrogen and oxygen atoms in total. The molecule has 25 heavy (non-hydrogen) atoms. The maximum Gasteiger partial charge on any atom is 0.416 e.